The molecule has 0 aliphatic heterocycles. The molecule has 0 N–H and O–H groups in total. The molecule has 0 aliphatic rings. The van der Waals surface area contributed by atoms with Crippen LogP contribution in [-0.4, -0.2) is 12.1 Å². The van der Waals surface area contributed by atoms with E-state index in [0.29, 0.717) is 0 Å². The molecule has 0 aromatic rings. The molecule has 0 spiro atoms. The molecule has 2 nitrogen and oxygen atoms in total. The minimum atomic E-state index is -0.166. The Morgan fingerprint density at radius 1 is 1.23 bits per heavy atom. The smallest absolute Gasteiger partial charge is 0.302 e. The van der Waals surface area contributed by atoms with Crippen molar-refractivity contribution in [1.82, 2.24) is 0 Å². The van der Waals surface area contributed by atoms with E-state index in [4.69, 9.17) is 4.74 Å². The van der Waals surface area contributed by atoms with E-state index in [2.05, 4.69) is 6.92 Å². The minimum absolute atomic E-state index is 0.0964. The highest BCUT2D eigenvalue weighted by atomic mass is 16.5. The predicted octanol–water partition coefficient (Wildman–Crippen LogP) is 3.30. The van der Waals surface area contributed by atoms with E-state index in [1.54, 1.807) is 0 Å². The van der Waals surface area contributed by atoms with Crippen LogP contribution in [0.3, 0.4) is 0 Å². The zero-order valence-electron chi connectivity index (χ0n) is 9.14. The van der Waals surface area contributed by atoms with Crippen molar-refractivity contribution in [2.45, 2.75) is 65.4 Å². The molecule has 0 aromatic carbocycles. The Bertz CT molecular complexity index is 132. The van der Waals surface area contributed by atoms with Crippen LogP contribution in [0.4, 0.5) is 0 Å². The fraction of sp³-hybridized carbons (Fsp3) is 0.909. The fourth-order valence-electron chi connectivity index (χ4n) is 1.38. The van der Waals surface area contributed by atoms with Gasteiger partial charge in [0.2, 0.25) is 0 Å². The normalized spacial score (nSPS) is 12.5. The topological polar surface area (TPSA) is 26.3 Å². The SMILES string of the molecule is CCCCCCC[C@@H](C)OC(C)=O. The second kappa shape index (κ2) is 8.09. The molecule has 78 valence electrons. The highest BCUT2D eigenvalue weighted by Crippen LogP contribution is 2.08. The molecule has 0 fully saturated rings. The quantitative estimate of drug-likeness (QED) is 0.450. The third-order valence-electron chi connectivity index (χ3n) is 2.08. The molecule has 0 amide bonds. The van der Waals surface area contributed by atoms with Crippen molar-refractivity contribution in [3.8, 4) is 0 Å². The summed E-state index contributed by atoms with van der Waals surface area (Å²) in [5.74, 6) is -0.166. The Labute approximate surface area is 81.7 Å². The first-order valence-electron chi connectivity index (χ1n) is 5.34. The molecule has 0 aliphatic carbocycles. The first-order chi connectivity index (χ1) is 6.16. The number of rotatable bonds is 7. The lowest BCUT2D eigenvalue weighted by Crippen LogP contribution is -2.11. The van der Waals surface area contributed by atoms with Gasteiger partial charge in [0.05, 0.1) is 6.10 Å². The summed E-state index contributed by atoms with van der Waals surface area (Å²) in [4.78, 5) is 10.6. The van der Waals surface area contributed by atoms with Crippen LogP contribution in [0.15, 0.2) is 0 Å². The summed E-state index contributed by atoms with van der Waals surface area (Å²) >= 11 is 0. The van der Waals surface area contributed by atoms with Gasteiger partial charge >= 0.3 is 5.97 Å². The van der Waals surface area contributed by atoms with E-state index in [1.165, 1.54) is 39.0 Å². The van der Waals surface area contributed by atoms with Gasteiger partial charge in [0, 0.05) is 6.92 Å². The van der Waals surface area contributed by atoms with Crippen molar-refractivity contribution in [3.63, 3.8) is 0 Å². The van der Waals surface area contributed by atoms with Gasteiger partial charge in [0.25, 0.3) is 0 Å². The molecule has 0 rings (SSSR count). The van der Waals surface area contributed by atoms with Gasteiger partial charge in [-0.1, -0.05) is 32.6 Å². The summed E-state index contributed by atoms with van der Waals surface area (Å²) in [6, 6.07) is 0. The molecule has 0 saturated heterocycles. The molecule has 0 heterocycles. The van der Waals surface area contributed by atoms with Crippen LogP contribution in [0.5, 0.6) is 0 Å². The summed E-state index contributed by atoms with van der Waals surface area (Å²) in [5.41, 5.74) is 0. The highest BCUT2D eigenvalue weighted by Gasteiger charge is 2.03. The van der Waals surface area contributed by atoms with Crippen molar-refractivity contribution in [1.29, 1.82) is 0 Å². The lowest BCUT2D eigenvalue weighted by atomic mass is 10.1. The number of hydrogen-bond donors (Lipinski definition) is 0. The first-order valence-corrected chi connectivity index (χ1v) is 5.34. The van der Waals surface area contributed by atoms with Gasteiger partial charge in [-0.05, 0) is 19.8 Å². The molecular formula is C11H22O2. The standard InChI is InChI=1S/C11H22O2/c1-4-5-6-7-8-9-10(2)13-11(3)12/h10H,4-9H2,1-3H3/t10-/m1/s1. The zero-order valence-corrected chi connectivity index (χ0v) is 9.14. The second-order valence-corrected chi connectivity index (χ2v) is 3.62. The van der Waals surface area contributed by atoms with Gasteiger partial charge in [-0.15, -0.1) is 0 Å². The van der Waals surface area contributed by atoms with Gasteiger partial charge in [0.15, 0.2) is 0 Å². The van der Waals surface area contributed by atoms with Crippen molar-refractivity contribution < 1.29 is 9.53 Å². The van der Waals surface area contributed by atoms with E-state index in [9.17, 15) is 4.79 Å². The van der Waals surface area contributed by atoms with Crippen molar-refractivity contribution in [2.75, 3.05) is 0 Å². The van der Waals surface area contributed by atoms with E-state index in [-0.39, 0.29) is 12.1 Å². The highest BCUT2D eigenvalue weighted by molar-refractivity contribution is 5.66. The maximum atomic E-state index is 10.6. The third-order valence-corrected chi connectivity index (χ3v) is 2.08. The maximum absolute atomic E-state index is 10.6. The summed E-state index contributed by atoms with van der Waals surface area (Å²) in [6.07, 6.45) is 7.45. The number of unbranched alkanes of at least 4 members (excludes halogenated alkanes) is 4. The number of hydrogen-bond acceptors (Lipinski definition) is 2. The number of ether oxygens (including phenoxy) is 1. The summed E-state index contributed by atoms with van der Waals surface area (Å²) in [6.45, 7) is 5.64. The largest absolute Gasteiger partial charge is 0.463 e. The average molecular weight is 186 g/mol. The van der Waals surface area contributed by atoms with Gasteiger partial charge in [-0.2, -0.15) is 0 Å². The Morgan fingerprint density at radius 2 is 1.85 bits per heavy atom. The van der Waals surface area contributed by atoms with E-state index < -0.39 is 0 Å². The van der Waals surface area contributed by atoms with Gasteiger partial charge in [-0.3, -0.25) is 4.79 Å². The molecule has 2 heteroatoms. The zero-order chi connectivity index (χ0) is 10.1. The molecule has 13 heavy (non-hydrogen) atoms. The van der Waals surface area contributed by atoms with Crippen LogP contribution in [0.2, 0.25) is 0 Å². The summed E-state index contributed by atoms with van der Waals surface area (Å²) < 4.78 is 5.02. The second-order valence-electron chi connectivity index (χ2n) is 3.62. The van der Waals surface area contributed by atoms with Gasteiger partial charge in [-0.25, -0.2) is 0 Å². The van der Waals surface area contributed by atoms with Crippen molar-refractivity contribution in [2.24, 2.45) is 0 Å². The van der Waals surface area contributed by atoms with Crippen LogP contribution in [0, 0.1) is 0 Å². The average Bonchev–Trinajstić information content (AvgIpc) is 2.02. The van der Waals surface area contributed by atoms with Crippen LogP contribution in [-0.2, 0) is 9.53 Å². The molecule has 0 unspecified atom stereocenters. The van der Waals surface area contributed by atoms with Gasteiger partial charge in [0.1, 0.15) is 0 Å². The lowest BCUT2D eigenvalue weighted by molar-refractivity contribution is -0.145. The summed E-state index contributed by atoms with van der Waals surface area (Å²) in [5, 5.41) is 0. The molecule has 1 atom stereocenters. The Kier molecular flexibility index (Phi) is 7.76. The number of carbonyl (C=O) groups excluding carboxylic acids is 1. The number of esters is 1. The lowest BCUT2D eigenvalue weighted by Gasteiger charge is -2.10. The van der Waals surface area contributed by atoms with Crippen LogP contribution >= 0.6 is 0 Å². The van der Waals surface area contributed by atoms with Gasteiger partial charge < -0.3 is 4.74 Å². The van der Waals surface area contributed by atoms with Crippen LogP contribution in [0.1, 0.15) is 59.3 Å². The van der Waals surface area contributed by atoms with Crippen LogP contribution < -0.4 is 0 Å². The molecular weight excluding hydrogens is 164 g/mol. The van der Waals surface area contributed by atoms with E-state index in [1.807, 2.05) is 6.92 Å². The Morgan fingerprint density at radius 3 is 2.38 bits per heavy atom. The number of carbonyl (C=O) groups is 1. The summed E-state index contributed by atoms with van der Waals surface area (Å²) in [7, 11) is 0. The monoisotopic (exact) mass is 186 g/mol. The van der Waals surface area contributed by atoms with Crippen LogP contribution in [0.25, 0.3) is 0 Å². The molecule has 0 saturated carbocycles. The Hall–Kier alpha value is -0.530. The first kappa shape index (κ1) is 12.5. The van der Waals surface area contributed by atoms with Crippen molar-refractivity contribution in [3.05, 3.63) is 0 Å². The maximum Gasteiger partial charge on any atom is 0.302 e. The molecule has 0 radical (unpaired) electrons. The van der Waals surface area contributed by atoms with E-state index in [0.717, 1.165) is 6.42 Å². The Balaban J connectivity index is 3.17. The predicted molar refractivity (Wildman–Crippen MR) is 54.6 cm³/mol. The molecule has 0 aromatic heterocycles. The van der Waals surface area contributed by atoms with Crippen molar-refractivity contribution >= 4 is 5.97 Å². The minimum Gasteiger partial charge on any atom is -0.463 e. The molecule has 0 bridgehead atoms. The van der Waals surface area contributed by atoms with E-state index >= 15 is 0 Å². The third kappa shape index (κ3) is 9.38. The fourth-order valence-corrected chi connectivity index (χ4v) is 1.38.